The number of nitro groups is 1. The van der Waals surface area contributed by atoms with Crippen molar-refractivity contribution in [3.8, 4) is 0 Å². The van der Waals surface area contributed by atoms with Crippen LogP contribution in [0.15, 0.2) is 6.33 Å². The van der Waals surface area contributed by atoms with Gasteiger partial charge in [0.15, 0.2) is 0 Å². The van der Waals surface area contributed by atoms with Crippen molar-refractivity contribution >= 4 is 11.6 Å². The Kier molecular flexibility index (Phi) is 5.73. The minimum Gasteiger partial charge on any atom is -0.379 e. The first-order chi connectivity index (χ1) is 10.5. The van der Waals surface area contributed by atoms with Crippen molar-refractivity contribution in [2.45, 2.75) is 26.3 Å². The van der Waals surface area contributed by atoms with Crippen LogP contribution >= 0.6 is 0 Å². The molecule has 2 rings (SSSR count). The van der Waals surface area contributed by atoms with Crippen molar-refractivity contribution in [1.82, 2.24) is 14.5 Å². The SMILES string of the molecule is CC(C)C[C@H](CNc1c([N+](=O)[O-])ncn1C)N1CCOCC1. The van der Waals surface area contributed by atoms with E-state index in [1.54, 1.807) is 11.6 Å². The second-order valence-corrected chi connectivity index (χ2v) is 6.10. The van der Waals surface area contributed by atoms with E-state index in [2.05, 4.69) is 29.0 Å². The fourth-order valence-corrected chi connectivity index (χ4v) is 2.82. The first-order valence-electron chi connectivity index (χ1n) is 7.70. The number of hydrogen-bond acceptors (Lipinski definition) is 6. The molecule has 1 aliphatic heterocycles. The molecule has 0 saturated carbocycles. The van der Waals surface area contributed by atoms with Gasteiger partial charge in [0, 0.05) is 32.7 Å². The Bertz CT molecular complexity index is 497. The van der Waals surface area contributed by atoms with Crippen molar-refractivity contribution < 1.29 is 9.66 Å². The lowest BCUT2D eigenvalue weighted by molar-refractivity contribution is -0.388. The van der Waals surface area contributed by atoms with E-state index in [1.807, 2.05) is 0 Å². The predicted molar refractivity (Wildman–Crippen MR) is 84.0 cm³/mol. The Morgan fingerprint density at radius 2 is 2.14 bits per heavy atom. The molecule has 1 aromatic heterocycles. The molecule has 2 heterocycles. The molecule has 0 bridgehead atoms. The van der Waals surface area contributed by atoms with E-state index >= 15 is 0 Å². The lowest BCUT2D eigenvalue weighted by Gasteiger charge is -2.35. The van der Waals surface area contributed by atoms with E-state index in [0.717, 1.165) is 32.7 Å². The summed E-state index contributed by atoms with van der Waals surface area (Å²) in [6.07, 6.45) is 2.51. The summed E-state index contributed by atoms with van der Waals surface area (Å²) in [7, 11) is 1.76. The summed E-state index contributed by atoms with van der Waals surface area (Å²) in [5.41, 5.74) is 0. The van der Waals surface area contributed by atoms with E-state index in [1.165, 1.54) is 6.33 Å². The molecule has 1 N–H and O–H groups in total. The molecule has 1 saturated heterocycles. The molecular formula is C14H25N5O3. The summed E-state index contributed by atoms with van der Waals surface area (Å²) in [6, 6.07) is 0.332. The second-order valence-electron chi connectivity index (χ2n) is 6.10. The lowest BCUT2D eigenvalue weighted by Crippen LogP contribution is -2.47. The maximum absolute atomic E-state index is 11.0. The molecule has 1 fully saturated rings. The monoisotopic (exact) mass is 311 g/mol. The predicted octanol–water partition coefficient (Wildman–Crippen LogP) is 1.49. The standard InChI is InChI=1S/C14H25N5O3/c1-11(2)8-12(18-4-6-22-7-5-18)9-15-13-14(19(20)21)16-10-17(13)3/h10-12,15H,4-9H2,1-3H3/t12-/m1/s1. The minimum atomic E-state index is -0.450. The molecule has 0 aliphatic carbocycles. The van der Waals surface area contributed by atoms with Crippen molar-refractivity contribution in [1.29, 1.82) is 0 Å². The molecule has 1 aliphatic rings. The number of aryl methyl sites for hydroxylation is 1. The molecule has 1 atom stereocenters. The van der Waals surface area contributed by atoms with Crippen LogP contribution in [0.1, 0.15) is 20.3 Å². The van der Waals surface area contributed by atoms with Crippen molar-refractivity contribution in [3.63, 3.8) is 0 Å². The summed E-state index contributed by atoms with van der Waals surface area (Å²) < 4.78 is 7.07. The summed E-state index contributed by atoms with van der Waals surface area (Å²) in [5, 5.41) is 14.2. The van der Waals surface area contributed by atoms with E-state index in [0.29, 0.717) is 24.3 Å². The van der Waals surface area contributed by atoms with Crippen LogP contribution in [-0.2, 0) is 11.8 Å². The molecule has 1 aromatic rings. The lowest BCUT2D eigenvalue weighted by atomic mass is 10.0. The number of anilines is 1. The highest BCUT2D eigenvalue weighted by atomic mass is 16.6. The van der Waals surface area contributed by atoms with E-state index in [9.17, 15) is 10.1 Å². The number of nitrogens with zero attached hydrogens (tertiary/aromatic N) is 4. The van der Waals surface area contributed by atoms with Gasteiger partial charge in [-0.3, -0.25) is 9.47 Å². The number of ether oxygens (including phenoxy) is 1. The Morgan fingerprint density at radius 3 is 2.73 bits per heavy atom. The average Bonchev–Trinajstić information content (AvgIpc) is 2.85. The molecule has 124 valence electrons. The molecule has 22 heavy (non-hydrogen) atoms. The third-order valence-corrected chi connectivity index (χ3v) is 3.90. The Morgan fingerprint density at radius 1 is 1.45 bits per heavy atom. The smallest absolute Gasteiger partial charge is 0.379 e. The number of morpholine rings is 1. The molecule has 8 heteroatoms. The molecule has 0 spiro atoms. The van der Waals surface area contributed by atoms with Crippen LogP contribution < -0.4 is 5.32 Å². The van der Waals surface area contributed by atoms with Crippen molar-refractivity contribution in [2.75, 3.05) is 38.2 Å². The van der Waals surface area contributed by atoms with Crippen LogP contribution in [0, 0.1) is 16.0 Å². The number of rotatable bonds is 7. The largest absolute Gasteiger partial charge is 0.406 e. The van der Waals surface area contributed by atoms with Gasteiger partial charge < -0.3 is 20.2 Å². The topological polar surface area (TPSA) is 85.5 Å². The van der Waals surface area contributed by atoms with Crippen molar-refractivity contribution in [3.05, 3.63) is 16.4 Å². The first kappa shape index (κ1) is 16.7. The van der Waals surface area contributed by atoms with Crippen LogP contribution in [0.3, 0.4) is 0 Å². The summed E-state index contributed by atoms with van der Waals surface area (Å²) in [4.78, 5) is 16.8. The summed E-state index contributed by atoms with van der Waals surface area (Å²) in [6.45, 7) is 8.37. The quantitative estimate of drug-likeness (QED) is 0.606. The van der Waals surface area contributed by atoms with Gasteiger partial charge in [0.1, 0.15) is 0 Å². The Hall–Kier alpha value is -1.67. The van der Waals surface area contributed by atoms with Crippen molar-refractivity contribution in [2.24, 2.45) is 13.0 Å². The van der Waals surface area contributed by atoms with E-state index < -0.39 is 4.92 Å². The normalized spacial score (nSPS) is 17.6. The second kappa shape index (κ2) is 7.55. The van der Waals surface area contributed by atoms with E-state index in [-0.39, 0.29) is 5.82 Å². The maximum atomic E-state index is 11.0. The van der Waals surface area contributed by atoms with Gasteiger partial charge in [0.05, 0.1) is 13.2 Å². The fourth-order valence-electron chi connectivity index (χ4n) is 2.82. The molecule has 0 aromatic carbocycles. The van der Waals surface area contributed by atoms with Crippen LogP contribution in [0.4, 0.5) is 11.6 Å². The number of aromatic nitrogens is 2. The Balaban J connectivity index is 2.04. The van der Waals surface area contributed by atoms with Crippen LogP contribution in [0.25, 0.3) is 0 Å². The first-order valence-corrected chi connectivity index (χ1v) is 7.70. The van der Waals surface area contributed by atoms with Gasteiger partial charge in [-0.05, 0) is 22.2 Å². The average molecular weight is 311 g/mol. The van der Waals surface area contributed by atoms with Gasteiger partial charge >= 0.3 is 5.82 Å². The summed E-state index contributed by atoms with van der Waals surface area (Å²) >= 11 is 0. The van der Waals surface area contributed by atoms with Gasteiger partial charge in [-0.2, -0.15) is 0 Å². The molecule has 0 radical (unpaired) electrons. The minimum absolute atomic E-state index is 0.118. The number of hydrogen-bond donors (Lipinski definition) is 1. The highest BCUT2D eigenvalue weighted by Gasteiger charge is 2.25. The van der Waals surface area contributed by atoms with Gasteiger partial charge in [-0.25, -0.2) is 0 Å². The summed E-state index contributed by atoms with van der Waals surface area (Å²) in [5.74, 6) is 0.913. The van der Waals surface area contributed by atoms with Crippen LogP contribution in [0.5, 0.6) is 0 Å². The third-order valence-electron chi connectivity index (χ3n) is 3.90. The maximum Gasteiger partial charge on any atom is 0.406 e. The zero-order valence-corrected chi connectivity index (χ0v) is 13.5. The van der Waals surface area contributed by atoms with Crippen LogP contribution in [-0.4, -0.2) is 58.3 Å². The molecule has 0 amide bonds. The Labute approximate surface area is 130 Å². The zero-order chi connectivity index (χ0) is 16.1. The highest BCUT2D eigenvalue weighted by Crippen LogP contribution is 2.22. The molecule has 8 nitrogen and oxygen atoms in total. The molecular weight excluding hydrogens is 286 g/mol. The number of imidazole rings is 1. The van der Waals surface area contributed by atoms with Gasteiger partial charge in [-0.1, -0.05) is 13.8 Å². The zero-order valence-electron chi connectivity index (χ0n) is 13.5. The van der Waals surface area contributed by atoms with Gasteiger partial charge in [-0.15, -0.1) is 0 Å². The third kappa shape index (κ3) is 4.17. The van der Waals surface area contributed by atoms with Gasteiger partial charge in [0.2, 0.25) is 12.1 Å². The van der Waals surface area contributed by atoms with E-state index in [4.69, 9.17) is 4.74 Å². The van der Waals surface area contributed by atoms with Crippen LogP contribution in [0.2, 0.25) is 0 Å². The fraction of sp³-hybridized carbons (Fsp3) is 0.786. The molecule has 0 unspecified atom stereocenters. The number of nitrogens with one attached hydrogen (secondary N) is 1. The highest BCUT2D eigenvalue weighted by molar-refractivity contribution is 5.52. The van der Waals surface area contributed by atoms with Gasteiger partial charge in [0.25, 0.3) is 0 Å².